The largest absolute Gasteiger partial charge is 0.352 e. The fraction of sp³-hybridized carbons (Fsp3) is 0.500. The first-order valence-corrected chi connectivity index (χ1v) is 10.2. The van der Waals surface area contributed by atoms with Gasteiger partial charge in [-0.2, -0.15) is 0 Å². The van der Waals surface area contributed by atoms with Crippen molar-refractivity contribution in [2.24, 2.45) is 10.9 Å². The van der Waals surface area contributed by atoms with Gasteiger partial charge in [0.15, 0.2) is 5.96 Å². The minimum Gasteiger partial charge on any atom is -0.352 e. The molecule has 26 heavy (non-hydrogen) atoms. The lowest BCUT2D eigenvalue weighted by Crippen LogP contribution is -2.46. The minimum atomic E-state index is 0.430. The van der Waals surface area contributed by atoms with Gasteiger partial charge in [-0.25, -0.2) is 4.98 Å². The van der Waals surface area contributed by atoms with Gasteiger partial charge in [-0.3, -0.25) is 9.89 Å². The molecule has 1 aromatic carbocycles. The summed E-state index contributed by atoms with van der Waals surface area (Å²) in [5, 5.41) is 10.2. The molecule has 2 heterocycles. The number of guanidine groups is 1. The van der Waals surface area contributed by atoms with Gasteiger partial charge in [0.1, 0.15) is 5.01 Å². The molecular formula is C20H29N5S. The lowest BCUT2D eigenvalue weighted by molar-refractivity contribution is 0.265. The van der Waals surface area contributed by atoms with Crippen molar-refractivity contribution in [2.75, 3.05) is 20.1 Å². The molecule has 1 aromatic heterocycles. The molecule has 1 saturated heterocycles. The zero-order valence-corrected chi connectivity index (χ0v) is 16.9. The molecule has 0 radical (unpaired) electrons. The molecule has 0 amide bonds. The predicted molar refractivity (Wildman–Crippen MR) is 111 cm³/mol. The number of likely N-dealkylation sites (tertiary alicyclic amines) is 1. The lowest BCUT2D eigenvalue weighted by atomic mass is 10.1. The Kier molecular flexibility index (Phi) is 6.27. The zero-order valence-electron chi connectivity index (χ0n) is 16.1. The van der Waals surface area contributed by atoms with E-state index in [4.69, 9.17) is 4.98 Å². The Bertz CT molecular complexity index is 725. The first-order valence-electron chi connectivity index (χ1n) is 9.28. The summed E-state index contributed by atoms with van der Waals surface area (Å²) < 4.78 is 0. The van der Waals surface area contributed by atoms with E-state index >= 15 is 0 Å². The Labute approximate surface area is 160 Å². The van der Waals surface area contributed by atoms with E-state index in [1.54, 1.807) is 11.3 Å². The van der Waals surface area contributed by atoms with Crippen molar-refractivity contribution in [3.63, 3.8) is 0 Å². The van der Waals surface area contributed by atoms with E-state index < -0.39 is 0 Å². The number of thiazole rings is 1. The third-order valence-electron chi connectivity index (χ3n) is 4.93. The number of aliphatic imine (C=N–C) groups is 1. The Balaban J connectivity index is 1.54. The van der Waals surface area contributed by atoms with Crippen LogP contribution in [0.1, 0.15) is 26.5 Å². The second kappa shape index (κ2) is 8.64. The molecule has 0 saturated carbocycles. The molecule has 2 atom stereocenters. The van der Waals surface area contributed by atoms with Crippen LogP contribution in [0.15, 0.2) is 40.7 Å². The second-order valence-electron chi connectivity index (χ2n) is 7.21. The van der Waals surface area contributed by atoms with Gasteiger partial charge in [-0.05, 0) is 19.8 Å². The Morgan fingerprint density at radius 3 is 2.73 bits per heavy atom. The maximum atomic E-state index is 4.73. The van der Waals surface area contributed by atoms with Crippen LogP contribution in [-0.2, 0) is 6.54 Å². The lowest BCUT2D eigenvalue weighted by Gasteiger charge is -2.21. The average molecular weight is 372 g/mol. The van der Waals surface area contributed by atoms with Crippen molar-refractivity contribution in [3.8, 4) is 10.6 Å². The van der Waals surface area contributed by atoms with Gasteiger partial charge in [-0.15, -0.1) is 11.3 Å². The number of rotatable bonds is 5. The van der Waals surface area contributed by atoms with Gasteiger partial charge < -0.3 is 10.6 Å². The molecule has 2 aromatic rings. The molecule has 5 nitrogen and oxygen atoms in total. The summed E-state index contributed by atoms with van der Waals surface area (Å²) >= 11 is 1.68. The van der Waals surface area contributed by atoms with Crippen molar-refractivity contribution in [2.45, 2.75) is 39.4 Å². The Hall–Kier alpha value is -1.92. The Morgan fingerprint density at radius 2 is 2.08 bits per heavy atom. The Morgan fingerprint density at radius 1 is 1.31 bits per heavy atom. The normalized spacial score (nSPS) is 21.3. The summed E-state index contributed by atoms with van der Waals surface area (Å²) in [6.07, 6.45) is 0. The maximum Gasteiger partial charge on any atom is 0.191 e. The number of hydrogen-bond donors (Lipinski definition) is 2. The van der Waals surface area contributed by atoms with Crippen molar-refractivity contribution in [1.29, 1.82) is 0 Å². The van der Waals surface area contributed by atoms with Crippen LogP contribution < -0.4 is 10.6 Å². The van der Waals surface area contributed by atoms with Crippen LogP contribution in [0, 0.1) is 5.92 Å². The van der Waals surface area contributed by atoms with Crippen LogP contribution in [-0.4, -0.2) is 48.1 Å². The van der Waals surface area contributed by atoms with Crippen LogP contribution in [0.4, 0.5) is 0 Å². The van der Waals surface area contributed by atoms with Gasteiger partial charge in [0.25, 0.3) is 0 Å². The van der Waals surface area contributed by atoms with E-state index in [1.165, 1.54) is 5.56 Å². The fourth-order valence-electron chi connectivity index (χ4n) is 3.26. The first kappa shape index (κ1) is 18.9. The van der Waals surface area contributed by atoms with Crippen LogP contribution in [0.3, 0.4) is 0 Å². The molecule has 6 heteroatoms. The van der Waals surface area contributed by atoms with Crippen molar-refractivity contribution in [1.82, 2.24) is 20.5 Å². The maximum absolute atomic E-state index is 4.73. The monoisotopic (exact) mass is 371 g/mol. The highest BCUT2D eigenvalue weighted by molar-refractivity contribution is 7.13. The molecule has 0 aliphatic carbocycles. The number of nitrogens with one attached hydrogen (secondary N) is 2. The summed E-state index contributed by atoms with van der Waals surface area (Å²) in [4.78, 5) is 11.6. The minimum absolute atomic E-state index is 0.430. The SMILES string of the molecule is CN=C(NCc1csc(-c2ccccc2)n1)NC1CN(C(C)C)CC1C. The number of aromatic nitrogens is 1. The number of hydrogen-bond acceptors (Lipinski definition) is 4. The van der Waals surface area contributed by atoms with Gasteiger partial charge in [0.05, 0.1) is 12.2 Å². The van der Waals surface area contributed by atoms with Crippen LogP contribution >= 0.6 is 11.3 Å². The van der Waals surface area contributed by atoms with Gasteiger partial charge >= 0.3 is 0 Å². The van der Waals surface area contributed by atoms with E-state index in [2.05, 4.69) is 58.8 Å². The molecule has 2 N–H and O–H groups in total. The topological polar surface area (TPSA) is 52.6 Å². The van der Waals surface area contributed by atoms with Crippen LogP contribution in [0.25, 0.3) is 10.6 Å². The molecular weight excluding hydrogens is 342 g/mol. The van der Waals surface area contributed by atoms with E-state index in [-0.39, 0.29) is 0 Å². The molecule has 0 bridgehead atoms. The molecule has 0 spiro atoms. The smallest absolute Gasteiger partial charge is 0.191 e. The van der Waals surface area contributed by atoms with Crippen molar-refractivity contribution < 1.29 is 0 Å². The van der Waals surface area contributed by atoms with Crippen LogP contribution in [0.2, 0.25) is 0 Å². The standard InChI is InChI=1S/C20H29N5S/c1-14(2)25-11-15(3)18(12-25)24-20(21-4)22-10-17-13-26-19(23-17)16-8-6-5-7-9-16/h5-9,13-15,18H,10-12H2,1-4H3,(H2,21,22,24). The third kappa shape index (κ3) is 4.62. The zero-order chi connectivity index (χ0) is 18.5. The van der Waals surface area contributed by atoms with Crippen LogP contribution in [0.5, 0.6) is 0 Å². The molecule has 2 unspecified atom stereocenters. The van der Waals surface area contributed by atoms with E-state index in [9.17, 15) is 0 Å². The van der Waals surface area contributed by atoms with Gasteiger partial charge in [0, 0.05) is 43.2 Å². The van der Waals surface area contributed by atoms with E-state index in [0.717, 1.165) is 29.8 Å². The van der Waals surface area contributed by atoms with Gasteiger partial charge in [0.2, 0.25) is 0 Å². The van der Waals surface area contributed by atoms with Crippen molar-refractivity contribution in [3.05, 3.63) is 41.4 Å². The first-order chi connectivity index (χ1) is 12.6. The van der Waals surface area contributed by atoms with E-state index in [1.807, 2.05) is 25.2 Å². The molecule has 3 rings (SSSR count). The highest BCUT2D eigenvalue weighted by atomic mass is 32.1. The second-order valence-corrected chi connectivity index (χ2v) is 8.07. The summed E-state index contributed by atoms with van der Waals surface area (Å²) in [5.74, 6) is 1.46. The predicted octanol–water partition coefficient (Wildman–Crippen LogP) is 3.20. The van der Waals surface area contributed by atoms with E-state index in [0.29, 0.717) is 24.5 Å². The summed E-state index contributed by atoms with van der Waals surface area (Å²) in [5.41, 5.74) is 2.21. The highest BCUT2D eigenvalue weighted by Gasteiger charge is 2.31. The highest BCUT2D eigenvalue weighted by Crippen LogP contribution is 2.23. The number of nitrogens with zero attached hydrogens (tertiary/aromatic N) is 3. The number of benzene rings is 1. The molecule has 1 aliphatic rings. The molecule has 1 fully saturated rings. The fourth-order valence-corrected chi connectivity index (χ4v) is 4.09. The third-order valence-corrected chi connectivity index (χ3v) is 5.87. The summed E-state index contributed by atoms with van der Waals surface area (Å²) in [6, 6.07) is 11.3. The quantitative estimate of drug-likeness (QED) is 0.626. The average Bonchev–Trinajstić information content (AvgIpc) is 3.26. The van der Waals surface area contributed by atoms with Gasteiger partial charge in [-0.1, -0.05) is 37.3 Å². The molecule has 140 valence electrons. The van der Waals surface area contributed by atoms with Crippen molar-refractivity contribution >= 4 is 17.3 Å². The molecule has 1 aliphatic heterocycles. The summed E-state index contributed by atoms with van der Waals surface area (Å²) in [7, 11) is 1.83. The summed E-state index contributed by atoms with van der Waals surface area (Å²) in [6.45, 7) is 9.70.